The first-order chi connectivity index (χ1) is 7.30. The largest absolute Gasteiger partial charge is 0.213 e. The third-order valence-electron chi connectivity index (χ3n) is 2.62. The van der Waals surface area contributed by atoms with E-state index >= 15 is 0 Å². The van der Waals surface area contributed by atoms with Crippen LogP contribution in [0.5, 0.6) is 0 Å². The monoisotopic (exact) mass is 241 g/mol. The minimum absolute atomic E-state index is 0.428. The molecule has 4 heteroatoms. The van der Waals surface area contributed by atoms with Crippen molar-refractivity contribution >= 4 is 10.0 Å². The first kappa shape index (κ1) is 13.2. The number of hydrogen-bond donors (Lipinski definition) is 0. The molecule has 16 heavy (non-hydrogen) atoms. The quantitative estimate of drug-likeness (QED) is 0.810. The molecule has 1 aromatic carbocycles. The second-order valence-corrected chi connectivity index (χ2v) is 6.50. The molecule has 0 aliphatic carbocycles. The van der Waals surface area contributed by atoms with Crippen LogP contribution >= 0.6 is 0 Å². The van der Waals surface area contributed by atoms with Gasteiger partial charge in [0, 0.05) is 13.6 Å². The molecule has 0 aromatic heterocycles. The molecule has 0 spiro atoms. The minimum atomic E-state index is -3.09. The van der Waals surface area contributed by atoms with Crippen molar-refractivity contribution in [2.75, 3.05) is 13.3 Å². The van der Waals surface area contributed by atoms with Crippen molar-refractivity contribution in [1.82, 2.24) is 4.31 Å². The Morgan fingerprint density at radius 1 is 1.19 bits per heavy atom. The molecule has 0 radical (unpaired) electrons. The molecule has 0 bridgehead atoms. The van der Waals surface area contributed by atoms with Crippen molar-refractivity contribution in [1.29, 1.82) is 0 Å². The SMILES string of the molecule is CC(C)c1ccc(CN(C)S(C)(=O)=O)cc1. The lowest BCUT2D eigenvalue weighted by atomic mass is 10.0. The van der Waals surface area contributed by atoms with Crippen LogP contribution in [-0.2, 0) is 16.6 Å². The predicted octanol–water partition coefficient (Wildman–Crippen LogP) is 2.20. The summed E-state index contributed by atoms with van der Waals surface area (Å²) in [5.74, 6) is 0.502. The molecule has 0 heterocycles. The fourth-order valence-electron chi connectivity index (χ4n) is 1.38. The summed E-state index contributed by atoms with van der Waals surface area (Å²) in [6.45, 7) is 4.70. The van der Waals surface area contributed by atoms with E-state index in [1.807, 2.05) is 12.1 Å². The first-order valence-corrected chi connectivity index (χ1v) is 7.15. The second kappa shape index (κ2) is 4.97. The van der Waals surface area contributed by atoms with Crippen LogP contribution in [0.3, 0.4) is 0 Å². The Hall–Kier alpha value is -0.870. The zero-order chi connectivity index (χ0) is 12.3. The maximum atomic E-state index is 11.2. The number of hydrogen-bond acceptors (Lipinski definition) is 2. The van der Waals surface area contributed by atoms with E-state index in [1.54, 1.807) is 7.05 Å². The number of nitrogens with zero attached hydrogens (tertiary/aromatic N) is 1. The molecular formula is C12H19NO2S. The van der Waals surface area contributed by atoms with Crippen LogP contribution in [0.1, 0.15) is 30.9 Å². The molecule has 0 fully saturated rings. The van der Waals surface area contributed by atoms with Gasteiger partial charge in [-0.2, -0.15) is 0 Å². The maximum Gasteiger partial charge on any atom is 0.211 e. The Labute approximate surface area is 98.1 Å². The molecular weight excluding hydrogens is 222 g/mol. The lowest BCUT2D eigenvalue weighted by Crippen LogP contribution is -2.24. The van der Waals surface area contributed by atoms with Gasteiger partial charge in [-0.15, -0.1) is 0 Å². The van der Waals surface area contributed by atoms with Gasteiger partial charge in [0.25, 0.3) is 0 Å². The molecule has 1 rings (SSSR count). The number of rotatable bonds is 4. The molecule has 0 aliphatic rings. The summed E-state index contributed by atoms with van der Waals surface area (Å²) >= 11 is 0. The molecule has 0 unspecified atom stereocenters. The van der Waals surface area contributed by atoms with Gasteiger partial charge < -0.3 is 0 Å². The van der Waals surface area contributed by atoms with E-state index in [4.69, 9.17) is 0 Å². The molecule has 3 nitrogen and oxygen atoms in total. The van der Waals surface area contributed by atoms with Crippen LogP contribution in [0.15, 0.2) is 24.3 Å². The van der Waals surface area contributed by atoms with Gasteiger partial charge in [-0.1, -0.05) is 38.1 Å². The smallest absolute Gasteiger partial charge is 0.211 e. The Kier molecular flexibility index (Phi) is 4.10. The Bertz CT molecular complexity index is 435. The third-order valence-corrected chi connectivity index (χ3v) is 3.88. The normalized spacial score (nSPS) is 12.4. The third kappa shape index (κ3) is 3.61. The standard InChI is InChI=1S/C12H19NO2S/c1-10(2)12-7-5-11(6-8-12)9-13(3)16(4,14)15/h5-8,10H,9H2,1-4H3. The van der Waals surface area contributed by atoms with E-state index in [9.17, 15) is 8.42 Å². The van der Waals surface area contributed by atoms with E-state index in [0.29, 0.717) is 12.5 Å². The zero-order valence-corrected chi connectivity index (χ0v) is 11.1. The van der Waals surface area contributed by atoms with Gasteiger partial charge in [0.05, 0.1) is 6.26 Å². The summed E-state index contributed by atoms with van der Waals surface area (Å²) in [4.78, 5) is 0. The van der Waals surface area contributed by atoms with Crippen LogP contribution in [0.2, 0.25) is 0 Å². The van der Waals surface area contributed by atoms with Gasteiger partial charge in [-0.25, -0.2) is 12.7 Å². The molecule has 90 valence electrons. The predicted molar refractivity (Wildman–Crippen MR) is 66.8 cm³/mol. The van der Waals surface area contributed by atoms with Crippen molar-refractivity contribution in [3.63, 3.8) is 0 Å². The van der Waals surface area contributed by atoms with E-state index in [2.05, 4.69) is 26.0 Å². The lowest BCUT2D eigenvalue weighted by Gasteiger charge is -2.14. The highest BCUT2D eigenvalue weighted by Crippen LogP contribution is 2.15. The Morgan fingerprint density at radius 2 is 1.69 bits per heavy atom. The lowest BCUT2D eigenvalue weighted by molar-refractivity contribution is 0.472. The van der Waals surface area contributed by atoms with E-state index < -0.39 is 10.0 Å². The number of sulfonamides is 1. The molecule has 0 atom stereocenters. The van der Waals surface area contributed by atoms with Gasteiger partial charge in [-0.05, 0) is 17.0 Å². The highest BCUT2D eigenvalue weighted by atomic mass is 32.2. The van der Waals surface area contributed by atoms with Gasteiger partial charge in [0.2, 0.25) is 10.0 Å². The van der Waals surface area contributed by atoms with Crippen molar-refractivity contribution in [3.05, 3.63) is 35.4 Å². The van der Waals surface area contributed by atoms with Gasteiger partial charge >= 0.3 is 0 Å². The summed E-state index contributed by atoms with van der Waals surface area (Å²) in [5, 5.41) is 0. The molecule has 0 amide bonds. The van der Waals surface area contributed by atoms with Crippen LogP contribution in [0.4, 0.5) is 0 Å². The molecule has 1 aromatic rings. The summed E-state index contributed by atoms with van der Waals surface area (Å²) < 4.78 is 23.8. The fraction of sp³-hybridized carbons (Fsp3) is 0.500. The van der Waals surface area contributed by atoms with Crippen molar-refractivity contribution in [2.24, 2.45) is 0 Å². The summed E-state index contributed by atoms with van der Waals surface area (Å²) in [5.41, 5.74) is 2.28. The Balaban J connectivity index is 2.77. The van der Waals surface area contributed by atoms with Crippen molar-refractivity contribution in [2.45, 2.75) is 26.3 Å². The van der Waals surface area contributed by atoms with E-state index in [0.717, 1.165) is 5.56 Å². The first-order valence-electron chi connectivity index (χ1n) is 5.31. The van der Waals surface area contributed by atoms with E-state index in [-0.39, 0.29) is 0 Å². The second-order valence-electron chi connectivity index (χ2n) is 4.42. The summed E-state index contributed by atoms with van der Waals surface area (Å²) in [6, 6.07) is 8.07. The molecule has 0 saturated carbocycles. The van der Waals surface area contributed by atoms with Crippen LogP contribution in [-0.4, -0.2) is 26.0 Å². The molecule has 0 N–H and O–H groups in total. The van der Waals surface area contributed by atoms with Crippen LogP contribution in [0, 0.1) is 0 Å². The Morgan fingerprint density at radius 3 is 2.06 bits per heavy atom. The highest BCUT2D eigenvalue weighted by Gasteiger charge is 2.11. The average molecular weight is 241 g/mol. The van der Waals surface area contributed by atoms with Gasteiger partial charge in [0.15, 0.2) is 0 Å². The summed E-state index contributed by atoms with van der Waals surface area (Å²) in [6.07, 6.45) is 1.22. The number of benzene rings is 1. The van der Waals surface area contributed by atoms with Crippen LogP contribution in [0.25, 0.3) is 0 Å². The molecule has 0 aliphatic heterocycles. The van der Waals surface area contributed by atoms with E-state index in [1.165, 1.54) is 16.1 Å². The van der Waals surface area contributed by atoms with Crippen molar-refractivity contribution in [3.8, 4) is 0 Å². The fourth-order valence-corrected chi connectivity index (χ4v) is 1.77. The molecule has 0 saturated heterocycles. The topological polar surface area (TPSA) is 37.4 Å². The minimum Gasteiger partial charge on any atom is -0.213 e. The zero-order valence-electron chi connectivity index (χ0n) is 10.3. The van der Waals surface area contributed by atoms with Gasteiger partial charge in [0.1, 0.15) is 0 Å². The maximum absolute atomic E-state index is 11.2. The average Bonchev–Trinajstić information content (AvgIpc) is 2.17. The van der Waals surface area contributed by atoms with Gasteiger partial charge in [-0.3, -0.25) is 0 Å². The highest BCUT2D eigenvalue weighted by molar-refractivity contribution is 7.88. The van der Waals surface area contributed by atoms with Crippen LogP contribution < -0.4 is 0 Å². The summed E-state index contributed by atoms with van der Waals surface area (Å²) in [7, 11) is -1.51. The van der Waals surface area contributed by atoms with Crippen molar-refractivity contribution < 1.29 is 8.42 Å².